The van der Waals surface area contributed by atoms with Gasteiger partial charge in [-0.3, -0.25) is 0 Å². The summed E-state index contributed by atoms with van der Waals surface area (Å²) < 4.78 is 1.56. The van der Waals surface area contributed by atoms with E-state index in [9.17, 15) is 9.90 Å². The van der Waals surface area contributed by atoms with Crippen molar-refractivity contribution in [3.05, 3.63) is 56.5 Å². The molecule has 2 aromatic heterocycles. The molecule has 0 amide bonds. The molecule has 0 saturated carbocycles. The minimum absolute atomic E-state index is 0.0169. The Labute approximate surface area is 177 Å². The number of hydrogen-bond acceptors (Lipinski definition) is 3. The van der Waals surface area contributed by atoms with Gasteiger partial charge in [-0.25, -0.2) is 9.48 Å². The van der Waals surface area contributed by atoms with Gasteiger partial charge < -0.3 is 5.11 Å². The quantitative estimate of drug-likeness (QED) is 0.493. The number of carboxylic acids is 1. The van der Waals surface area contributed by atoms with E-state index in [1.54, 1.807) is 29.8 Å². The second-order valence-corrected chi connectivity index (χ2v) is 9.23. The second-order valence-electron chi connectivity index (χ2n) is 7.30. The third-order valence-corrected chi connectivity index (χ3v) is 5.41. The van der Waals surface area contributed by atoms with Gasteiger partial charge in [-0.2, -0.15) is 5.10 Å². The van der Waals surface area contributed by atoms with E-state index in [2.05, 4.69) is 37.7 Å². The van der Waals surface area contributed by atoms with Crippen LogP contribution in [0.1, 0.15) is 41.7 Å². The second kappa shape index (κ2) is 7.63. The molecule has 0 aliphatic heterocycles. The van der Waals surface area contributed by atoms with E-state index in [4.69, 9.17) is 23.2 Å². The molecule has 0 bridgehead atoms. The summed E-state index contributed by atoms with van der Waals surface area (Å²) in [5.41, 5.74) is 1.69. The average Bonchev–Trinajstić information content (AvgIpc) is 3.16. The Balaban J connectivity index is 2.19. The highest BCUT2D eigenvalue weighted by molar-refractivity contribution is 7.16. The van der Waals surface area contributed by atoms with E-state index in [1.807, 2.05) is 12.1 Å². The van der Waals surface area contributed by atoms with Gasteiger partial charge in [0.1, 0.15) is 0 Å². The van der Waals surface area contributed by atoms with Crippen LogP contribution in [0.5, 0.6) is 0 Å². The van der Waals surface area contributed by atoms with E-state index in [1.165, 1.54) is 11.3 Å². The fraction of sp³-hybridized carbons (Fsp3) is 0.238. The molecule has 0 aliphatic rings. The van der Waals surface area contributed by atoms with Crippen molar-refractivity contribution in [2.75, 3.05) is 0 Å². The van der Waals surface area contributed by atoms with Gasteiger partial charge in [0.15, 0.2) is 5.69 Å². The largest absolute Gasteiger partial charge is 0.476 e. The van der Waals surface area contributed by atoms with Crippen LogP contribution in [0.4, 0.5) is 0 Å². The maximum absolute atomic E-state index is 11.7. The molecule has 1 aromatic carbocycles. The number of benzene rings is 1. The van der Waals surface area contributed by atoms with Crippen LogP contribution in [0.15, 0.2) is 30.3 Å². The third kappa shape index (κ3) is 4.25. The van der Waals surface area contributed by atoms with Gasteiger partial charge in [0.25, 0.3) is 0 Å². The summed E-state index contributed by atoms with van der Waals surface area (Å²) in [5.74, 6) is 5.30. The van der Waals surface area contributed by atoms with Crippen molar-refractivity contribution < 1.29 is 9.90 Å². The molecule has 0 aliphatic carbocycles. The van der Waals surface area contributed by atoms with E-state index >= 15 is 0 Å². The van der Waals surface area contributed by atoms with Crippen molar-refractivity contribution in [1.29, 1.82) is 0 Å². The minimum Gasteiger partial charge on any atom is -0.476 e. The maximum atomic E-state index is 11.7. The monoisotopic (exact) mass is 432 g/mol. The zero-order valence-corrected chi connectivity index (χ0v) is 18.1. The highest BCUT2D eigenvalue weighted by Gasteiger charge is 2.23. The molecule has 2 heterocycles. The van der Waals surface area contributed by atoms with Crippen molar-refractivity contribution in [2.45, 2.75) is 27.7 Å². The highest BCUT2D eigenvalue weighted by atomic mass is 35.5. The van der Waals surface area contributed by atoms with Crippen LogP contribution < -0.4 is 0 Å². The molecular weight excluding hydrogens is 415 g/mol. The summed E-state index contributed by atoms with van der Waals surface area (Å²) in [5, 5.41) is 14.7. The van der Waals surface area contributed by atoms with Gasteiger partial charge in [-0.05, 0) is 58.0 Å². The van der Waals surface area contributed by atoms with Crippen LogP contribution >= 0.6 is 34.5 Å². The summed E-state index contributed by atoms with van der Waals surface area (Å²) in [6.45, 7) is 7.90. The van der Waals surface area contributed by atoms with Gasteiger partial charge in [0.05, 0.1) is 26.2 Å². The van der Waals surface area contributed by atoms with E-state index < -0.39 is 5.97 Å². The fourth-order valence-corrected chi connectivity index (χ4v) is 4.03. The Morgan fingerprint density at radius 3 is 2.54 bits per heavy atom. The van der Waals surface area contributed by atoms with E-state index in [0.29, 0.717) is 27.0 Å². The Hall–Kier alpha value is -2.26. The van der Waals surface area contributed by atoms with E-state index in [0.717, 1.165) is 9.75 Å². The molecule has 0 unspecified atom stereocenters. The zero-order valence-electron chi connectivity index (χ0n) is 15.8. The molecule has 28 heavy (non-hydrogen) atoms. The molecule has 4 nitrogen and oxygen atoms in total. The van der Waals surface area contributed by atoms with Crippen molar-refractivity contribution in [2.24, 2.45) is 5.41 Å². The predicted octanol–water partition coefficient (Wildman–Crippen LogP) is 6.31. The number of aromatic carboxylic acids is 1. The number of nitrogens with zero attached hydrogens (tertiary/aromatic N) is 2. The Bertz CT molecular complexity index is 1130. The summed E-state index contributed by atoms with van der Waals surface area (Å²) >= 11 is 13.8. The molecule has 0 fully saturated rings. The van der Waals surface area contributed by atoms with Gasteiger partial charge in [-0.1, -0.05) is 35.0 Å². The van der Waals surface area contributed by atoms with Crippen LogP contribution in [-0.4, -0.2) is 20.9 Å². The fourth-order valence-electron chi connectivity index (χ4n) is 2.60. The number of hydrogen-bond donors (Lipinski definition) is 1. The van der Waals surface area contributed by atoms with Crippen molar-refractivity contribution in [3.8, 4) is 28.1 Å². The average molecular weight is 433 g/mol. The molecule has 1 N–H and O–H groups in total. The van der Waals surface area contributed by atoms with Gasteiger partial charge in [0, 0.05) is 16.0 Å². The number of carboxylic acid groups (broad SMARTS) is 1. The first-order chi connectivity index (χ1) is 13.1. The molecule has 3 rings (SSSR count). The molecule has 0 saturated heterocycles. The van der Waals surface area contributed by atoms with Crippen LogP contribution in [-0.2, 0) is 0 Å². The van der Waals surface area contributed by atoms with Crippen molar-refractivity contribution in [3.63, 3.8) is 0 Å². The highest BCUT2D eigenvalue weighted by Crippen LogP contribution is 2.36. The van der Waals surface area contributed by atoms with Gasteiger partial charge in [-0.15, -0.1) is 11.3 Å². The number of carbonyl (C=O) groups is 1. The molecule has 0 atom stereocenters. The lowest BCUT2D eigenvalue weighted by atomic mass is 9.98. The van der Waals surface area contributed by atoms with Crippen LogP contribution in [0.25, 0.3) is 16.3 Å². The molecule has 3 aromatic rings. The summed E-state index contributed by atoms with van der Waals surface area (Å²) in [6, 6.07) is 8.87. The standard InChI is InChI=1S/C21H18Cl2N2O2S/c1-12-18(20(26)27)24-25(16-7-5-13(22)11-15(16)23)19(12)17-8-6-14(28-17)9-10-21(2,3)4/h5-8,11H,1-4H3,(H,26,27). The number of rotatable bonds is 3. The Kier molecular flexibility index (Phi) is 5.58. The van der Waals surface area contributed by atoms with Crippen LogP contribution in [0, 0.1) is 24.2 Å². The molecule has 0 radical (unpaired) electrons. The summed E-state index contributed by atoms with van der Waals surface area (Å²) in [7, 11) is 0. The van der Waals surface area contributed by atoms with Crippen LogP contribution in [0.3, 0.4) is 0 Å². The lowest BCUT2D eigenvalue weighted by Crippen LogP contribution is -2.02. The maximum Gasteiger partial charge on any atom is 0.356 e. The molecule has 0 spiro atoms. The molecule has 144 valence electrons. The normalized spacial score (nSPS) is 11.2. The minimum atomic E-state index is -1.09. The third-order valence-electron chi connectivity index (χ3n) is 3.86. The lowest BCUT2D eigenvalue weighted by molar-refractivity contribution is 0.0689. The molecular formula is C21H18Cl2N2O2S. The SMILES string of the molecule is Cc1c(C(=O)O)nn(-c2ccc(Cl)cc2Cl)c1-c1ccc(C#CC(C)(C)C)s1. The summed E-state index contributed by atoms with van der Waals surface area (Å²) in [4.78, 5) is 13.4. The predicted molar refractivity (Wildman–Crippen MR) is 115 cm³/mol. The van der Waals surface area contributed by atoms with E-state index in [-0.39, 0.29) is 11.1 Å². The first-order valence-corrected chi connectivity index (χ1v) is 10.1. The number of aromatic nitrogens is 2. The first kappa shape index (κ1) is 20.5. The van der Waals surface area contributed by atoms with Crippen LogP contribution in [0.2, 0.25) is 10.0 Å². The number of thiophene rings is 1. The number of halogens is 2. The smallest absolute Gasteiger partial charge is 0.356 e. The lowest BCUT2D eigenvalue weighted by Gasteiger charge is -2.09. The topological polar surface area (TPSA) is 55.1 Å². The first-order valence-electron chi connectivity index (χ1n) is 8.48. The van der Waals surface area contributed by atoms with Gasteiger partial charge >= 0.3 is 5.97 Å². The van der Waals surface area contributed by atoms with Crippen molar-refractivity contribution >= 4 is 40.5 Å². The zero-order chi connectivity index (χ0) is 20.6. The van der Waals surface area contributed by atoms with Crippen molar-refractivity contribution in [1.82, 2.24) is 9.78 Å². The Morgan fingerprint density at radius 1 is 1.21 bits per heavy atom. The molecule has 7 heteroatoms. The van der Waals surface area contributed by atoms with Gasteiger partial charge in [0.2, 0.25) is 0 Å². The summed E-state index contributed by atoms with van der Waals surface area (Å²) in [6.07, 6.45) is 0. The Morgan fingerprint density at radius 2 is 1.93 bits per heavy atom.